The molecule has 2 N–H and O–H groups in total. The van der Waals surface area contributed by atoms with Crippen LogP contribution in [0, 0.1) is 12.8 Å². The van der Waals surface area contributed by atoms with Crippen molar-refractivity contribution in [3.8, 4) is 0 Å². The molecule has 1 aromatic rings. The second-order valence-electron chi connectivity index (χ2n) is 5.24. The van der Waals surface area contributed by atoms with Crippen LogP contribution in [0.3, 0.4) is 0 Å². The van der Waals surface area contributed by atoms with Crippen molar-refractivity contribution in [2.75, 3.05) is 18.8 Å². The minimum Gasteiger partial charge on any atom is -0.481 e. The zero-order valence-corrected chi connectivity index (χ0v) is 13.2. The number of aliphatic carboxylic acids is 1. The van der Waals surface area contributed by atoms with Crippen molar-refractivity contribution in [2.45, 2.75) is 38.0 Å². The van der Waals surface area contributed by atoms with E-state index in [1.165, 1.54) is 10.5 Å². The van der Waals surface area contributed by atoms with Crippen LogP contribution in [0.2, 0.25) is 0 Å². The quantitative estimate of drug-likeness (QED) is 0.512. The highest BCUT2D eigenvalue weighted by Crippen LogP contribution is 2.17. The van der Waals surface area contributed by atoms with Gasteiger partial charge in [0.2, 0.25) is 0 Å². The average Bonchev–Trinajstić information content (AvgIpc) is 2.42. The largest absolute Gasteiger partial charge is 0.481 e. The highest BCUT2D eigenvalue weighted by molar-refractivity contribution is 7.99. The van der Waals surface area contributed by atoms with Gasteiger partial charge in [0.25, 0.3) is 0 Å². The summed E-state index contributed by atoms with van der Waals surface area (Å²) in [7, 11) is 0. The smallest absolute Gasteiger partial charge is 0.303 e. The maximum Gasteiger partial charge on any atom is 0.303 e. The summed E-state index contributed by atoms with van der Waals surface area (Å²) in [6.45, 7) is 6.17. The van der Waals surface area contributed by atoms with Gasteiger partial charge in [-0.25, -0.2) is 0 Å². The second-order valence-corrected chi connectivity index (χ2v) is 6.41. The van der Waals surface area contributed by atoms with E-state index in [0.717, 1.165) is 31.7 Å². The van der Waals surface area contributed by atoms with Crippen LogP contribution in [0.4, 0.5) is 0 Å². The van der Waals surface area contributed by atoms with E-state index in [1.54, 1.807) is 0 Å². The van der Waals surface area contributed by atoms with Crippen LogP contribution in [0.25, 0.3) is 0 Å². The Balaban J connectivity index is 1.99. The fourth-order valence-electron chi connectivity index (χ4n) is 1.86. The number of carboxylic acid groups (broad SMARTS) is 1. The summed E-state index contributed by atoms with van der Waals surface area (Å²) >= 11 is 1.86. The van der Waals surface area contributed by atoms with Gasteiger partial charge in [0.1, 0.15) is 0 Å². The van der Waals surface area contributed by atoms with Crippen LogP contribution in [-0.4, -0.2) is 29.9 Å². The first-order chi connectivity index (χ1) is 9.58. The number of carbonyl (C=O) groups is 1. The van der Waals surface area contributed by atoms with Crippen LogP contribution in [0.1, 0.15) is 31.7 Å². The maximum atomic E-state index is 10.5. The number of nitrogens with one attached hydrogen (secondary N) is 1. The van der Waals surface area contributed by atoms with Crippen molar-refractivity contribution >= 4 is 17.7 Å². The SMILES string of the molecule is Cc1ccc(SCCNCCC(C)CCC(=O)O)cc1. The van der Waals surface area contributed by atoms with Gasteiger partial charge in [-0.1, -0.05) is 24.6 Å². The number of hydrogen-bond acceptors (Lipinski definition) is 3. The minimum atomic E-state index is -0.695. The van der Waals surface area contributed by atoms with Crippen molar-refractivity contribution < 1.29 is 9.90 Å². The second kappa shape index (κ2) is 9.83. The molecule has 0 aliphatic heterocycles. The summed E-state index contributed by atoms with van der Waals surface area (Å²) in [5, 5.41) is 12.0. The van der Waals surface area contributed by atoms with Gasteiger partial charge >= 0.3 is 5.97 Å². The van der Waals surface area contributed by atoms with E-state index < -0.39 is 5.97 Å². The minimum absolute atomic E-state index is 0.282. The Kier molecular flexibility index (Phi) is 8.38. The molecule has 112 valence electrons. The molecule has 0 saturated heterocycles. The van der Waals surface area contributed by atoms with E-state index in [2.05, 4.69) is 43.4 Å². The first-order valence-corrected chi connectivity index (χ1v) is 8.18. The summed E-state index contributed by atoms with van der Waals surface area (Å²) in [4.78, 5) is 11.8. The fraction of sp³-hybridized carbons (Fsp3) is 0.562. The van der Waals surface area contributed by atoms with Gasteiger partial charge in [-0.05, 0) is 44.4 Å². The van der Waals surface area contributed by atoms with Crippen molar-refractivity contribution in [1.29, 1.82) is 0 Å². The summed E-state index contributed by atoms with van der Waals surface area (Å²) in [6.07, 6.45) is 2.10. The van der Waals surface area contributed by atoms with E-state index in [0.29, 0.717) is 5.92 Å². The summed E-state index contributed by atoms with van der Waals surface area (Å²) in [5.41, 5.74) is 1.29. The third-order valence-electron chi connectivity index (χ3n) is 3.23. The van der Waals surface area contributed by atoms with Crippen molar-refractivity contribution in [3.05, 3.63) is 29.8 Å². The Morgan fingerprint density at radius 3 is 2.60 bits per heavy atom. The molecule has 0 aliphatic rings. The number of rotatable bonds is 10. The Morgan fingerprint density at radius 1 is 1.25 bits per heavy atom. The van der Waals surface area contributed by atoms with Gasteiger partial charge in [0.15, 0.2) is 0 Å². The van der Waals surface area contributed by atoms with E-state index in [1.807, 2.05) is 11.8 Å². The van der Waals surface area contributed by atoms with E-state index >= 15 is 0 Å². The molecular weight excluding hydrogens is 270 g/mol. The Labute approximate surface area is 126 Å². The number of hydrogen-bond donors (Lipinski definition) is 2. The van der Waals surface area contributed by atoms with Crippen LogP contribution in [-0.2, 0) is 4.79 Å². The number of aryl methyl sites for hydroxylation is 1. The number of thioether (sulfide) groups is 1. The van der Waals surface area contributed by atoms with Gasteiger partial charge in [0.05, 0.1) is 0 Å². The molecule has 0 aliphatic carbocycles. The number of carboxylic acids is 1. The molecule has 0 heterocycles. The first-order valence-electron chi connectivity index (χ1n) is 7.20. The summed E-state index contributed by atoms with van der Waals surface area (Å²) < 4.78 is 0. The van der Waals surface area contributed by atoms with Gasteiger partial charge in [-0.15, -0.1) is 11.8 Å². The molecule has 0 fully saturated rings. The third kappa shape index (κ3) is 8.23. The standard InChI is InChI=1S/C16H25NO2S/c1-13-3-6-15(7-4-13)20-12-11-17-10-9-14(2)5-8-16(18)19/h3-4,6-7,14,17H,5,8-12H2,1-2H3,(H,18,19). The van der Waals surface area contributed by atoms with Crippen molar-refractivity contribution in [2.24, 2.45) is 5.92 Å². The molecule has 0 bridgehead atoms. The predicted molar refractivity (Wildman–Crippen MR) is 85.4 cm³/mol. The highest BCUT2D eigenvalue weighted by Gasteiger charge is 2.04. The molecule has 1 rings (SSSR count). The van der Waals surface area contributed by atoms with Crippen LogP contribution in [0.15, 0.2) is 29.2 Å². The third-order valence-corrected chi connectivity index (χ3v) is 4.25. The van der Waals surface area contributed by atoms with Gasteiger partial charge < -0.3 is 10.4 Å². The lowest BCUT2D eigenvalue weighted by molar-refractivity contribution is -0.137. The molecule has 0 amide bonds. The normalized spacial score (nSPS) is 12.3. The summed E-state index contributed by atoms with van der Waals surface area (Å²) in [5.74, 6) is 0.842. The van der Waals surface area contributed by atoms with Crippen LogP contribution < -0.4 is 5.32 Å². The van der Waals surface area contributed by atoms with Gasteiger partial charge in [0, 0.05) is 23.6 Å². The highest BCUT2D eigenvalue weighted by atomic mass is 32.2. The monoisotopic (exact) mass is 295 g/mol. The van der Waals surface area contributed by atoms with Crippen LogP contribution >= 0.6 is 11.8 Å². The number of benzene rings is 1. The van der Waals surface area contributed by atoms with Crippen molar-refractivity contribution in [3.63, 3.8) is 0 Å². The lowest BCUT2D eigenvalue weighted by Crippen LogP contribution is -2.20. The van der Waals surface area contributed by atoms with Gasteiger partial charge in [-0.2, -0.15) is 0 Å². The molecule has 4 heteroatoms. The lowest BCUT2D eigenvalue weighted by Gasteiger charge is -2.10. The molecule has 1 aromatic carbocycles. The topological polar surface area (TPSA) is 49.3 Å². The predicted octanol–water partition coefficient (Wildman–Crippen LogP) is 3.57. The lowest BCUT2D eigenvalue weighted by atomic mass is 10.0. The molecule has 1 unspecified atom stereocenters. The molecule has 20 heavy (non-hydrogen) atoms. The van der Waals surface area contributed by atoms with Gasteiger partial charge in [-0.3, -0.25) is 4.79 Å². The first kappa shape index (κ1) is 17.1. The molecule has 1 atom stereocenters. The fourth-order valence-corrected chi connectivity index (χ4v) is 2.67. The Bertz CT molecular complexity index is 392. The maximum absolute atomic E-state index is 10.5. The Hall–Kier alpha value is -1.00. The zero-order valence-electron chi connectivity index (χ0n) is 12.4. The zero-order chi connectivity index (χ0) is 14.8. The molecule has 3 nitrogen and oxygen atoms in total. The molecular formula is C16H25NO2S. The van der Waals surface area contributed by atoms with E-state index in [9.17, 15) is 4.79 Å². The summed E-state index contributed by atoms with van der Waals surface area (Å²) in [6, 6.07) is 8.60. The van der Waals surface area contributed by atoms with Crippen molar-refractivity contribution in [1.82, 2.24) is 5.32 Å². The van der Waals surface area contributed by atoms with Crippen LogP contribution in [0.5, 0.6) is 0 Å². The van der Waals surface area contributed by atoms with E-state index in [4.69, 9.17) is 5.11 Å². The van der Waals surface area contributed by atoms with E-state index in [-0.39, 0.29) is 6.42 Å². The average molecular weight is 295 g/mol. The Morgan fingerprint density at radius 2 is 1.95 bits per heavy atom. The molecule has 0 aromatic heterocycles. The molecule has 0 spiro atoms. The molecule has 0 saturated carbocycles. The molecule has 0 radical (unpaired) electrons.